The third-order valence-electron chi connectivity index (χ3n) is 4.58. The number of rotatable bonds is 7. The number of hydrogen-bond donors (Lipinski definition) is 0. The Morgan fingerprint density at radius 2 is 2.00 bits per heavy atom. The fourth-order valence-corrected chi connectivity index (χ4v) is 4.01. The van der Waals surface area contributed by atoms with Gasteiger partial charge in [-0.1, -0.05) is 35.2 Å². The molecule has 1 heterocycles. The molecule has 1 spiro atoms. The summed E-state index contributed by atoms with van der Waals surface area (Å²) in [7, 11) is 1.77. The number of ether oxygens (including phenoxy) is 2. The lowest BCUT2D eigenvalue weighted by molar-refractivity contribution is -0.0722. The molecular formula is C15H28BrNO2. The number of nitrogens with zero attached hydrogens (tertiary/aromatic N) is 1. The van der Waals surface area contributed by atoms with Crippen LogP contribution in [0, 0.1) is 0 Å². The van der Waals surface area contributed by atoms with Crippen LogP contribution in [-0.2, 0) is 9.47 Å². The van der Waals surface area contributed by atoms with Crippen molar-refractivity contribution < 1.29 is 9.47 Å². The van der Waals surface area contributed by atoms with Crippen molar-refractivity contribution in [2.45, 2.75) is 56.7 Å². The van der Waals surface area contributed by atoms with Gasteiger partial charge in [0.25, 0.3) is 0 Å². The van der Waals surface area contributed by atoms with E-state index in [0.717, 1.165) is 31.6 Å². The van der Waals surface area contributed by atoms with Crippen LogP contribution >= 0.6 is 15.9 Å². The second kappa shape index (κ2) is 7.96. The van der Waals surface area contributed by atoms with Crippen molar-refractivity contribution in [3.05, 3.63) is 0 Å². The lowest BCUT2D eigenvalue weighted by Gasteiger charge is -2.34. The Balaban J connectivity index is 1.78. The zero-order valence-electron chi connectivity index (χ0n) is 12.2. The molecule has 1 unspecified atom stereocenters. The summed E-state index contributed by atoms with van der Waals surface area (Å²) in [5.74, 6) is 0. The predicted octanol–water partition coefficient (Wildman–Crippen LogP) is 3.21. The Morgan fingerprint density at radius 1 is 1.21 bits per heavy atom. The molecule has 0 aromatic heterocycles. The highest BCUT2D eigenvalue weighted by atomic mass is 79.9. The minimum absolute atomic E-state index is 0.254. The minimum Gasteiger partial charge on any atom is -0.383 e. The summed E-state index contributed by atoms with van der Waals surface area (Å²) in [5.41, 5.74) is 0.254. The first kappa shape index (κ1) is 15.7. The Morgan fingerprint density at radius 3 is 2.68 bits per heavy atom. The third-order valence-corrected chi connectivity index (χ3v) is 4.93. The monoisotopic (exact) mass is 333 g/mol. The van der Waals surface area contributed by atoms with Gasteiger partial charge in [0.1, 0.15) is 0 Å². The van der Waals surface area contributed by atoms with Crippen LogP contribution in [0.1, 0.15) is 44.9 Å². The van der Waals surface area contributed by atoms with Gasteiger partial charge in [-0.3, -0.25) is 4.90 Å². The van der Waals surface area contributed by atoms with Crippen LogP contribution in [0.4, 0.5) is 0 Å². The summed E-state index contributed by atoms with van der Waals surface area (Å²) >= 11 is 3.54. The molecule has 0 aromatic carbocycles. The summed E-state index contributed by atoms with van der Waals surface area (Å²) in [6, 6.07) is 0. The van der Waals surface area contributed by atoms with E-state index >= 15 is 0 Å². The second-order valence-corrected chi connectivity index (χ2v) is 6.80. The van der Waals surface area contributed by atoms with Crippen molar-refractivity contribution >= 4 is 15.9 Å². The SMILES string of the molecule is COCCN(CCBr)CC1CCC2(CCCCC2)O1. The van der Waals surface area contributed by atoms with E-state index in [9.17, 15) is 0 Å². The van der Waals surface area contributed by atoms with Gasteiger partial charge in [-0.05, 0) is 25.7 Å². The molecule has 19 heavy (non-hydrogen) atoms. The molecule has 4 heteroatoms. The smallest absolute Gasteiger partial charge is 0.0710 e. The first-order valence-corrected chi connectivity index (χ1v) is 8.85. The van der Waals surface area contributed by atoms with E-state index in [2.05, 4.69) is 20.8 Å². The van der Waals surface area contributed by atoms with Gasteiger partial charge in [0.15, 0.2) is 0 Å². The van der Waals surface area contributed by atoms with Crippen LogP contribution < -0.4 is 0 Å². The first-order chi connectivity index (χ1) is 9.28. The van der Waals surface area contributed by atoms with Gasteiger partial charge < -0.3 is 9.47 Å². The van der Waals surface area contributed by atoms with E-state index in [4.69, 9.17) is 9.47 Å². The van der Waals surface area contributed by atoms with Crippen LogP contribution in [0.3, 0.4) is 0 Å². The van der Waals surface area contributed by atoms with E-state index < -0.39 is 0 Å². The first-order valence-electron chi connectivity index (χ1n) is 7.73. The van der Waals surface area contributed by atoms with Crippen molar-refractivity contribution in [3.8, 4) is 0 Å². The maximum absolute atomic E-state index is 6.45. The predicted molar refractivity (Wildman–Crippen MR) is 82.0 cm³/mol. The van der Waals surface area contributed by atoms with Crippen LogP contribution in [0.2, 0.25) is 0 Å². The van der Waals surface area contributed by atoms with Crippen LogP contribution in [0.5, 0.6) is 0 Å². The summed E-state index contributed by atoms with van der Waals surface area (Å²) in [6.45, 7) is 3.97. The average Bonchev–Trinajstić information content (AvgIpc) is 2.80. The number of halogens is 1. The molecule has 1 aliphatic carbocycles. The molecule has 2 fully saturated rings. The van der Waals surface area contributed by atoms with Gasteiger partial charge in [0, 0.05) is 32.1 Å². The standard InChI is InChI=1S/C15H28BrNO2/c1-18-12-11-17(10-9-16)13-14-5-8-15(19-14)6-3-2-4-7-15/h14H,2-13H2,1H3. The molecule has 1 aliphatic heterocycles. The lowest BCUT2D eigenvalue weighted by Crippen LogP contribution is -2.38. The van der Waals surface area contributed by atoms with Crippen molar-refractivity contribution in [1.82, 2.24) is 4.90 Å². The van der Waals surface area contributed by atoms with E-state index in [1.165, 1.54) is 44.9 Å². The molecule has 0 amide bonds. The third kappa shape index (κ3) is 4.69. The largest absolute Gasteiger partial charge is 0.383 e. The van der Waals surface area contributed by atoms with Crippen LogP contribution in [0.25, 0.3) is 0 Å². The maximum atomic E-state index is 6.45. The quantitative estimate of drug-likeness (QED) is 0.668. The van der Waals surface area contributed by atoms with Gasteiger partial charge in [-0.15, -0.1) is 0 Å². The van der Waals surface area contributed by atoms with E-state index in [1.54, 1.807) is 7.11 Å². The minimum atomic E-state index is 0.254. The molecule has 0 bridgehead atoms. The number of hydrogen-bond acceptors (Lipinski definition) is 3. The fraction of sp³-hybridized carbons (Fsp3) is 1.00. The fourth-order valence-electron chi connectivity index (χ4n) is 3.51. The van der Waals surface area contributed by atoms with Crippen molar-refractivity contribution in [2.24, 2.45) is 0 Å². The average molecular weight is 334 g/mol. The van der Waals surface area contributed by atoms with E-state index in [-0.39, 0.29) is 5.60 Å². The van der Waals surface area contributed by atoms with Gasteiger partial charge in [-0.25, -0.2) is 0 Å². The van der Waals surface area contributed by atoms with Gasteiger partial charge in [-0.2, -0.15) is 0 Å². The molecule has 0 radical (unpaired) electrons. The van der Waals surface area contributed by atoms with Gasteiger partial charge in [0.2, 0.25) is 0 Å². The van der Waals surface area contributed by atoms with Crippen LogP contribution in [0.15, 0.2) is 0 Å². The molecule has 2 rings (SSSR count). The van der Waals surface area contributed by atoms with Gasteiger partial charge >= 0.3 is 0 Å². The summed E-state index contributed by atoms with van der Waals surface area (Å²) < 4.78 is 11.6. The zero-order valence-corrected chi connectivity index (χ0v) is 13.8. The number of methoxy groups -OCH3 is 1. The molecular weight excluding hydrogens is 306 g/mol. The highest BCUT2D eigenvalue weighted by Crippen LogP contribution is 2.41. The van der Waals surface area contributed by atoms with Crippen LogP contribution in [-0.4, -0.2) is 55.3 Å². The second-order valence-electron chi connectivity index (χ2n) is 6.00. The van der Waals surface area contributed by atoms with Crippen molar-refractivity contribution in [3.63, 3.8) is 0 Å². The zero-order chi connectivity index (χ0) is 13.6. The lowest BCUT2D eigenvalue weighted by atomic mass is 9.83. The normalized spacial score (nSPS) is 26.4. The molecule has 0 aromatic rings. The highest BCUT2D eigenvalue weighted by Gasteiger charge is 2.40. The maximum Gasteiger partial charge on any atom is 0.0710 e. The molecule has 1 saturated carbocycles. The van der Waals surface area contributed by atoms with E-state index in [1.807, 2.05) is 0 Å². The van der Waals surface area contributed by atoms with Gasteiger partial charge in [0.05, 0.1) is 18.3 Å². The highest BCUT2D eigenvalue weighted by molar-refractivity contribution is 9.09. The molecule has 3 nitrogen and oxygen atoms in total. The Kier molecular flexibility index (Phi) is 6.60. The van der Waals surface area contributed by atoms with Crippen molar-refractivity contribution in [2.75, 3.05) is 38.7 Å². The Bertz CT molecular complexity index is 257. The Labute approximate surface area is 126 Å². The number of alkyl halides is 1. The van der Waals surface area contributed by atoms with E-state index in [0.29, 0.717) is 6.10 Å². The van der Waals surface area contributed by atoms with Crippen molar-refractivity contribution in [1.29, 1.82) is 0 Å². The molecule has 1 saturated heterocycles. The Hall–Kier alpha value is 0.360. The summed E-state index contributed by atoms with van der Waals surface area (Å²) in [5, 5.41) is 1.02. The molecule has 112 valence electrons. The topological polar surface area (TPSA) is 21.7 Å². The summed E-state index contributed by atoms with van der Waals surface area (Å²) in [4.78, 5) is 2.46. The molecule has 0 N–H and O–H groups in total. The molecule has 1 atom stereocenters. The molecule has 2 aliphatic rings. The summed E-state index contributed by atoms with van der Waals surface area (Å²) in [6.07, 6.45) is 9.67.